The standard InChI is InChI=1S/C27H39ClN4O2Si/c1-26(2,3)35(7,8)34-14-13-32(6)18-27(4,5)24-16-20(11-12-29-24)25-30-17-22(31-25)19-9-10-21(28)23(33)15-19/h9-12,15-17,33H,13-14,18H2,1-8H3,(H,30,31). The minimum absolute atomic E-state index is 0.0482. The van der Waals surface area contributed by atoms with Crippen LogP contribution in [0.3, 0.4) is 0 Å². The molecule has 2 aromatic heterocycles. The number of nitrogens with one attached hydrogen (secondary N) is 1. The summed E-state index contributed by atoms with van der Waals surface area (Å²) in [6.45, 7) is 18.3. The summed E-state index contributed by atoms with van der Waals surface area (Å²) in [5.74, 6) is 0.803. The molecule has 3 aromatic rings. The third-order valence-electron chi connectivity index (χ3n) is 6.97. The number of aromatic amines is 1. The molecule has 0 saturated heterocycles. The van der Waals surface area contributed by atoms with Crippen LogP contribution in [-0.2, 0) is 9.84 Å². The summed E-state index contributed by atoms with van der Waals surface area (Å²) in [6, 6.07) is 9.21. The molecular formula is C27H39ClN4O2Si. The molecule has 0 aliphatic carbocycles. The molecule has 35 heavy (non-hydrogen) atoms. The lowest BCUT2D eigenvalue weighted by atomic mass is 9.87. The topological polar surface area (TPSA) is 74.3 Å². The number of hydrogen-bond acceptors (Lipinski definition) is 5. The van der Waals surface area contributed by atoms with Gasteiger partial charge >= 0.3 is 0 Å². The minimum atomic E-state index is -1.74. The number of benzene rings is 1. The zero-order chi connectivity index (χ0) is 26.0. The number of phenols is 1. The molecule has 0 radical (unpaired) electrons. The average Bonchev–Trinajstić information content (AvgIpc) is 3.25. The number of pyridine rings is 1. The van der Waals surface area contributed by atoms with E-state index in [1.54, 1.807) is 18.3 Å². The molecule has 0 atom stereocenters. The van der Waals surface area contributed by atoms with Crippen LogP contribution in [0, 0.1) is 0 Å². The van der Waals surface area contributed by atoms with E-state index in [-0.39, 0.29) is 16.2 Å². The number of hydrogen-bond donors (Lipinski definition) is 2. The molecule has 8 heteroatoms. The van der Waals surface area contributed by atoms with Gasteiger partial charge in [0.2, 0.25) is 0 Å². The molecule has 0 unspecified atom stereocenters. The highest BCUT2D eigenvalue weighted by molar-refractivity contribution is 6.74. The van der Waals surface area contributed by atoms with E-state index in [0.29, 0.717) is 5.02 Å². The van der Waals surface area contributed by atoms with E-state index in [2.05, 4.69) is 80.7 Å². The Bertz CT molecular complexity index is 1150. The van der Waals surface area contributed by atoms with Crippen molar-refractivity contribution in [1.82, 2.24) is 19.9 Å². The molecule has 2 heterocycles. The van der Waals surface area contributed by atoms with Crippen LogP contribution in [0.25, 0.3) is 22.6 Å². The number of rotatable bonds is 9. The van der Waals surface area contributed by atoms with Crippen LogP contribution in [0.2, 0.25) is 23.2 Å². The fourth-order valence-electron chi connectivity index (χ4n) is 3.75. The molecule has 3 rings (SSSR count). The van der Waals surface area contributed by atoms with Crippen LogP contribution >= 0.6 is 11.6 Å². The zero-order valence-corrected chi connectivity index (χ0v) is 24.0. The van der Waals surface area contributed by atoms with Crippen molar-refractivity contribution in [1.29, 1.82) is 0 Å². The van der Waals surface area contributed by atoms with E-state index in [4.69, 9.17) is 16.0 Å². The number of aromatic nitrogens is 3. The summed E-state index contributed by atoms with van der Waals surface area (Å²) in [5.41, 5.74) is 3.46. The first-order valence-electron chi connectivity index (χ1n) is 12.0. The number of aromatic hydroxyl groups is 1. The molecule has 0 bridgehead atoms. The van der Waals surface area contributed by atoms with Crippen LogP contribution in [-0.4, -0.2) is 60.0 Å². The van der Waals surface area contributed by atoms with Crippen molar-refractivity contribution in [3.05, 3.63) is 53.4 Å². The van der Waals surface area contributed by atoms with E-state index >= 15 is 0 Å². The Morgan fingerprint density at radius 2 is 1.77 bits per heavy atom. The Labute approximate surface area is 215 Å². The summed E-state index contributed by atoms with van der Waals surface area (Å²) >= 11 is 5.94. The first-order chi connectivity index (χ1) is 16.2. The third-order valence-corrected chi connectivity index (χ3v) is 11.8. The predicted molar refractivity (Wildman–Crippen MR) is 148 cm³/mol. The van der Waals surface area contributed by atoms with E-state index in [9.17, 15) is 5.11 Å². The molecule has 1 aromatic carbocycles. The van der Waals surface area contributed by atoms with Gasteiger partial charge < -0.3 is 19.4 Å². The second-order valence-corrected chi connectivity index (χ2v) is 16.7. The molecule has 190 valence electrons. The summed E-state index contributed by atoms with van der Waals surface area (Å²) in [6.07, 6.45) is 3.60. The van der Waals surface area contributed by atoms with Gasteiger partial charge in [-0.25, -0.2) is 4.98 Å². The van der Waals surface area contributed by atoms with Gasteiger partial charge in [-0.2, -0.15) is 0 Å². The van der Waals surface area contributed by atoms with Crippen LogP contribution in [0.15, 0.2) is 42.7 Å². The summed E-state index contributed by atoms with van der Waals surface area (Å²) in [7, 11) is 0.402. The van der Waals surface area contributed by atoms with Crippen LogP contribution in [0.1, 0.15) is 40.3 Å². The SMILES string of the molecule is CN(CCO[Si](C)(C)C(C)(C)C)CC(C)(C)c1cc(-c2ncc(-c3ccc(Cl)c(O)c3)[nH]2)ccn1. The predicted octanol–water partition coefficient (Wildman–Crippen LogP) is 6.73. The molecule has 0 saturated carbocycles. The lowest BCUT2D eigenvalue weighted by molar-refractivity contribution is 0.199. The van der Waals surface area contributed by atoms with Gasteiger partial charge in [-0.15, -0.1) is 0 Å². The van der Waals surface area contributed by atoms with Gasteiger partial charge in [-0.1, -0.05) is 52.3 Å². The van der Waals surface area contributed by atoms with Crippen molar-refractivity contribution >= 4 is 19.9 Å². The second kappa shape index (κ2) is 10.4. The Morgan fingerprint density at radius 3 is 2.43 bits per heavy atom. The largest absolute Gasteiger partial charge is 0.506 e. The van der Waals surface area contributed by atoms with Crippen molar-refractivity contribution in [2.75, 3.05) is 26.7 Å². The highest BCUT2D eigenvalue weighted by Crippen LogP contribution is 2.36. The highest BCUT2D eigenvalue weighted by Gasteiger charge is 2.37. The quantitative estimate of drug-likeness (QED) is 0.310. The number of halogens is 1. The Kier molecular flexibility index (Phi) is 8.16. The first-order valence-corrected chi connectivity index (χ1v) is 15.3. The maximum Gasteiger partial charge on any atom is 0.192 e. The number of phenolic OH excluding ortho intramolecular Hbond substituents is 1. The lowest BCUT2D eigenvalue weighted by Crippen LogP contribution is -2.43. The Morgan fingerprint density at radius 1 is 1.06 bits per heavy atom. The molecule has 0 aliphatic heterocycles. The van der Waals surface area contributed by atoms with Crippen LogP contribution in [0.4, 0.5) is 0 Å². The number of imidazole rings is 1. The maximum absolute atomic E-state index is 9.93. The number of H-pyrrole nitrogens is 1. The second-order valence-electron chi connectivity index (χ2n) is 11.5. The van der Waals surface area contributed by atoms with Crippen LogP contribution in [0.5, 0.6) is 5.75 Å². The van der Waals surface area contributed by atoms with Crippen molar-refractivity contribution in [3.8, 4) is 28.4 Å². The van der Waals surface area contributed by atoms with Crippen molar-refractivity contribution in [3.63, 3.8) is 0 Å². The summed E-state index contributed by atoms with van der Waals surface area (Å²) in [5, 5.41) is 10.5. The maximum atomic E-state index is 9.93. The van der Waals surface area contributed by atoms with Crippen molar-refractivity contribution < 1.29 is 9.53 Å². The Balaban J connectivity index is 1.68. The van der Waals surface area contributed by atoms with Gasteiger partial charge in [-0.05, 0) is 49.4 Å². The van der Waals surface area contributed by atoms with E-state index in [0.717, 1.165) is 48.0 Å². The van der Waals surface area contributed by atoms with E-state index < -0.39 is 8.32 Å². The van der Waals surface area contributed by atoms with Gasteiger partial charge in [0.1, 0.15) is 11.6 Å². The molecule has 0 spiro atoms. The Hall–Kier alpha value is -2.19. The molecule has 2 N–H and O–H groups in total. The molecule has 0 aliphatic rings. The zero-order valence-electron chi connectivity index (χ0n) is 22.2. The monoisotopic (exact) mass is 514 g/mol. The number of likely N-dealkylation sites (N-methyl/N-ethyl adjacent to an activating group) is 1. The first kappa shape index (κ1) is 27.4. The highest BCUT2D eigenvalue weighted by atomic mass is 35.5. The lowest BCUT2D eigenvalue weighted by Gasteiger charge is -2.37. The molecule has 6 nitrogen and oxygen atoms in total. The minimum Gasteiger partial charge on any atom is -0.506 e. The molecule has 0 fully saturated rings. The van der Waals surface area contributed by atoms with Crippen LogP contribution < -0.4 is 0 Å². The summed E-state index contributed by atoms with van der Waals surface area (Å²) in [4.78, 5) is 14.9. The van der Waals surface area contributed by atoms with Gasteiger partial charge in [-0.3, -0.25) is 4.98 Å². The normalized spacial score (nSPS) is 13.0. The third kappa shape index (κ3) is 6.73. The fraction of sp³-hybridized carbons (Fsp3) is 0.481. The summed E-state index contributed by atoms with van der Waals surface area (Å²) < 4.78 is 6.36. The van der Waals surface area contributed by atoms with Crippen molar-refractivity contribution in [2.45, 2.75) is 58.2 Å². The molecule has 0 amide bonds. The van der Waals surface area contributed by atoms with Gasteiger partial charge in [0.25, 0.3) is 0 Å². The van der Waals surface area contributed by atoms with Gasteiger partial charge in [0.15, 0.2) is 8.32 Å². The van der Waals surface area contributed by atoms with Gasteiger partial charge in [0.05, 0.1) is 16.9 Å². The fourth-order valence-corrected chi connectivity index (χ4v) is 4.90. The van der Waals surface area contributed by atoms with Crippen molar-refractivity contribution in [2.24, 2.45) is 0 Å². The average molecular weight is 515 g/mol. The molecular weight excluding hydrogens is 476 g/mol. The number of nitrogens with zero attached hydrogens (tertiary/aromatic N) is 3. The van der Waals surface area contributed by atoms with E-state index in [1.807, 2.05) is 18.3 Å². The van der Waals surface area contributed by atoms with E-state index in [1.165, 1.54) is 0 Å². The van der Waals surface area contributed by atoms with Gasteiger partial charge in [0, 0.05) is 48.1 Å². The smallest absolute Gasteiger partial charge is 0.192 e.